The highest BCUT2D eigenvalue weighted by Gasteiger charge is 2.37. The summed E-state index contributed by atoms with van der Waals surface area (Å²) in [5, 5.41) is 7.18. The van der Waals surface area contributed by atoms with Crippen molar-refractivity contribution in [1.29, 1.82) is 0 Å². The Hall–Kier alpha value is -1.36. The smallest absolute Gasteiger partial charge is 0.310 e. The number of aromatic nitrogens is 1. The van der Waals surface area contributed by atoms with Gasteiger partial charge in [0.25, 0.3) is 0 Å². The average Bonchev–Trinajstić information content (AvgIpc) is 2.86. The van der Waals surface area contributed by atoms with E-state index < -0.39 is 0 Å². The van der Waals surface area contributed by atoms with Crippen molar-refractivity contribution in [1.82, 2.24) is 10.5 Å². The predicted molar refractivity (Wildman–Crippen MR) is 61.7 cm³/mol. The van der Waals surface area contributed by atoms with Crippen LogP contribution in [0, 0.1) is 19.8 Å². The molecule has 1 aromatic heterocycles. The summed E-state index contributed by atoms with van der Waals surface area (Å²) in [6.45, 7) is 7.47. The molecule has 94 valence electrons. The standard InChI is InChI=1S/C12H18N2O3/c1-4-16-12(15)10-6-13-5-9(10)11-7(2)14-17-8(11)3/h9-10,13H,4-6H2,1-3H3. The fourth-order valence-corrected chi connectivity index (χ4v) is 2.50. The van der Waals surface area contributed by atoms with Gasteiger partial charge < -0.3 is 14.6 Å². The van der Waals surface area contributed by atoms with Gasteiger partial charge in [-0.25, -0.2) is 0 Å². The summed E-state index contributed by atoms with van der Waals surface area (Å²) < 4.78 is 10.3. The van der Waals surface area contributed by atoms with Gasteiger partial charge in [0.05, 0.1) is 18.2 Å². The van der Waals surface area contributed by atoms with Gasteiger partial charge >= 0.3 is 5.97 Å². The molecule has 5 heteroatoms. The predicted octanol–water partition coefficient (Wildman–Crippen LogP) is 1.16. The van der Waals surface area contributed by atoms with Crippen LogP contribution >= 0.6 is 0 Å². The molecule has 5 nitrogen and oxygen atoms in total. The third-order valence-corrected chi connectivity index (χ3v) is 3.26. The number of rotatable bonds is 3. The van der Waals surface area contributed by atoms with E-state index in [0.29, 0.717) is 13.2 Å². The summed E-state index contributed by atoms with van der Waals surface area (Å²) in [6.07, 6.45) is 0. The van der Waals surface area contributed by atoms with Crippen molar-refractivity contribution in [2.45, 2.75) is 26.7 Å². The van der Waals surface area contributed by atoms with Crippen molar-refractivity contribution in [2.75, 3.05) is 19.7 Å². The van der Waals surface area contributed by atoms with Crippen molar-refractivity contribution in [3.05, 3.63) is 17.0 Å². The van der Waals surface area contributed by atoms with E-state index in [2.05, 4.69) is 10.5 Å². The highest BCUT2D eigenvalue weighted by atomic mass is 16.5. The number of nitrogens with zero attached hydrogens (tertiary/aromatic N) is 1. The zero-order valence-corrected chi connectivity index (χ0v) is 10.4. The van der Waals surface area contributed by atoms with E-state index in [1.54, 1.807) is 0 Å². The second-order valence-corrected chi connectivity index (χ2v) is 4.36. The molecule has 17 heavy (non-hydrogen) atoms. The summed E-state index contributed by atoms with van der Waals surface area (Å²) in [7, 11) is 0. The van der Waals surface area contributed by atoms with Crippen LogP contribution in [0.3, 0.4) is 0 Å². The van der Waals surface area contributed by atoms with E-state index >= 15 is 0 Å². The minimum atomic E-state index is -0.137. The summed E-state index contributed by atoms with van der Waals surface area (Å²) in [4.78, 5) is 11.9. The molecule has 1 saturated heterocycles. The largest absolute Gasteiger partial charge is 0.466 e. The van der Waals surface area contributed by atoms with Crippen molar-refractivity contribution in [2.24, 2.45) is 5.92 Å². The Morgan fingerprint density at radius 1 is 1.53 bits per heavy atom. The van der Waals surface area contributed by atoms with Crippen molar-refractivity contribution >= 4 is 5.97 Å². The van der Waals surface area contributed by atoms with E-state index in [4.69, 9.17) is 9.26 Å². The molecular formula is C12H18N2O3. The maximum absolute atomic E-state index is 11.9. The van der Waals surface area contributed by atoms with Crippen molar-refractivity contribution < 1.29 is 14.1 Å². The fourth-order valence-electron chi connectivity index (χ4n) is 2.50. The SMILES string of the molecule is CCOC(=O)C1CNCC1c1c(C)noc1C. The Kier molecular flexibility index (Phi) is 3.47. The highest BCUT2D eigenvalue weighted by molar-refractivity contribution is 5.74. The van der Waals surface area contributed by atoms with Crippen LogP contribution in [0.2, 0.25) is 0 Å². The molecule has 0 radical (unpaired) electrons. The van der Waals surface area contributed by atoms with Crippen LogP contribution in [0.4, 0.5) is 0 Å². The van der Waals surface area contributed by atoms with E-state index in [1.165, 1.54) is 0 Å². The third kappa shape index (κ3) is 2.20. The zero-order valence-electron chi connectivity index (χ0n) is 10.4. The number of hydrogen-bond acceptors (Lipinski definition) is 5. The van der Waals surface area contributed by atoms with E-state index in [9.17, 15) is 4.79 Å². The lowest BCUT2D eigenvalue weighted by Crippen LogP contribution is -2.24. The van der Waals surface area contributed by atoms with E-state index in [-0.39, 0.29) is 17.8 Å². The molecule has 1 fully saturated rings. The Labute approximate surface area is 101 Å². The first-order valence-corrected chi connectivity index (χ1v) is 5.95. The number of aryl methyl sites for hydroxylation is 2. The number of nitrogens with one attached hydrogen (secondary N) is 1. The minimum absolute atomic E-state index is 0.111. The first kappa shape index (κ1) is 12.1. The van der Waals surface area contributed by atoms with Gasteiger partial charge in [-0.1, -0.05) is 5.16 Å². The van der Waals surface area contributed by atoms with Crippen LogP contribution in [-0.2, 0) is 9.53 Å². The summed E-state index contributed by atoms with van der Waals surface area (Å²) >= 11 is 0. The average molecular weight is 238 g/mol. The molecule has 0 bridgehead atoms. The maximum atomic E-state index is 11.9. The second kappa shape index (κ2) is 4.87. The van der Waals surface area contributed by atoms with Gasteiger partial charge in [0.2, 0.25) is 0 Å². The van der Waals surface area contributed by atoms with Crippen LogP contribution < -0.4 is 5.32 Å². The molecule has 2 atom stereocenters. The van der Waals surface area contributed by atoms with Crippen molar-refractivity contribution in [3.8, 4) is 0 Å². The Morgan fingerprint density at radius 2 is 2.29 bits per heavy atom. The summed E-state index contributed by atoms with van der Waals surface area (Å²) in [5.41, 5.74) is 1.92. The van der Waals surface area contributed by atoms with Gasteiger partial charge in [0, 0.05) is 24.6 Å². The fraction of sp³-hybridized carbons (Fsp3) is 0.667. The number of hydrogen-bond donors (Lipinski definition) is 1. The highest BCUT2D eigenvalue weighted by Crippen LogP contribution is 2.33. The Balaban J connectivity index is 2.23. The minimum Gasteiger partial charge on any atom is -0.466 e. The topological polar surface area (TPSA) is 64.4 Å². The molecule has 1 aromatic rings. The summed E-state index contributed by atoms with van der Waals surface area (Å²) in [6, 6.07) is 0. The number of esters is 1. The Bertz CT molecular complexity index is 394. The first-order valence-electron chi connectivity index (χ1n) is 5.95. The molecule has 1 aliphatic rings. The normalized spacial score (nSPS) is 23.9. The molecule has 2 rings (SSSR count). The van der Waals surface area contributed by atoms with Crippen LogP contribution in [0.25, 0.3) is 0 Å². The quantitative estimate of drug-likeness (QED) is 0.800. The molecule has 1 aliphatic heterocycles. The number of carbonyl (C=O) groups excluding carboxylic acids is 1. The summed E-state index contributed by atoms with van der Waals surface area (Å²) in [5.74, 6) is 0.639. The molecule has 0 amide bonds. The maximum Gasteiger partial charge on any atom is 0.310 e. The van der Waals surface area contributed by atoms with Gasteiger partial charge in [0.15, 0.2) is 0 Å². The van der Waals surface area contributed by atoms with E-state index in [1.807, 2.05) is 20.8 Å². The lowest BCUT2D eigenvalue weighted by Gasteiger charge is -2.16. The second-order valence-electron chi connectivity index (χ2n) is 4.36. The van der Waals surface area contributed by atoms with Gasteiger partial charge in [-0.15, -0.1) is 0 Å². The molecule has 0 saturated carbocycles. The molecular weight excluding hydrogens is 220 g/mol. The van der Waals surface area contributed by atoms with Gasteiger partial charge in [0.1, 0.15) is 5.76 Å². The molecule has 1 N–H and O–H groups in total. The van der Waals surface area contributed by atoms with Crippen LogP contribution in [0.1, 0.15) is 29.9 Å². The first-order chi connectivity index (χ1) is 8.15. The van der Waals surface area contributed by atoms with Crippen molar-refractivity contribution in [3.63, 3.8) is 0 Å². The molecule has 0 spiro atoms. The Morgan fingerprint density at radius 3 is 2.88 bits per heavy atom. The number of carbonyl (C=O) groups is 1. The van der Waals surface area contributed by atoms with Gasteiger partial charge in [-0.3, -0.25) is 4.79 Å². The van der Waals surface area contributed by atoms with Crippen LogP contribution in [0.5, 0.6) is 0 Å². The van der Waals surface area contributed by atoms with Gasteiger partial charge in [-0.2, -0.15) is 0 Å². The monoisotopic (exact) mass is 238 g/mol. The van der Waals surface area contributed by atoms with E-state index in [0.717, 1.165) is 23.6 Å². The number of ether oxygens (including phenoxy) is 1. The molecule has 0 aliphatic carbocycles. The lowest BCUT2D eigenvalue weighted by atomic mass is 9.88. The molecule has 2 unspecified atom stereocenters. The lowest BCUT2D eigenvalue weighted by molar-refractivity contribution is -0.147. The molecule has 2 heterocycles. The zero-order chi connectivity index (χ0) is 12.4. The molecule has 0 aromatic carbocycles. The van der Waals surface area contributed by atoms with Gasteiger partial charge in [-0.05, 0) is 20.8 Å². The van der Waals surface area contributed by atoms with Crippen LogP contribution in [0.15, 0.2) is 4.52 Å². The van der Waals surface area contributed by atoms with Crippen LogP contribution in [-0.4, -0.2) is 30.8 Å². The third-order valence-electron chi connectivity index (χ3n) is 3.26.